The van der Waals surface area contributed by atoms with Crippen molar-refractivity contribution in [3.8, 4) is 17.2 Å². The van der Waals surface area contributed by atoms with Crippen molar-refractivity contribution < 1.29 is 33.3 Å². The lowest BCUT2D eigenvalue weighted by Gasteiger charge is -2.25. The van der Waals surface area contributed by atoms with E-state index in [0.717, 1.165) is 24.8 Å². The van der Waals surface area contributed by atoms with Crippen molar-refractivity contribution in [1.29, 1.82) is 0 Å². The zero-order valence-corrected chi connectivity index (χ0v) is 29.4. The maximum absolute atomic E-state index is 14.3. The van der Waals surface area contributed by atoms with Crippen LogP contribution in [0.5, 0.6) is 17.2 Å². The molecule has 1 aliphatic heterocycles. The molecule has 49 heavy (non-hydrogen) atoms. The number of Topliss-reactive ketones (excluding diaryl/α,β-unsaturated/α-hetero) is 1. The molecule has 0 aliphatic carbocycles. The number of aryl methyl sites for hydroxylation is 1. The zero-order chi connectivity index (χ0) is 34.5. The predicted octanol–water partition coefficient (Wildman–Crippen LogP) is 8.64. The number of amides is 1. The molecule has 3 heterocycles. The first-order valence-electron chi connectivity index (χ1n) is 16.1. The number of ether oxygens (including phenoxy) is 3. The monoisotopic (exact) mass is 699 g/mol. The van der Waals surface area contributed by atoms with Gasteiger partial charge < -0.3 is 23.7 Å². The van der Waals surface area contributed by atoms with E-state index in [2.05, 4.69) is 41.4 Å². The number of carbonyl (C=O) groups excluding carboxylic acids is 2. The number of methoxy groups -OCH3 is 1. The van der Waals surface area contributed by atoms with Crippen LogP contribution in [-0.4, -0.2) is 47.3 Å². The molecule has 1 amide bonds. The zero-order valence-electron chi connectivity index (χ0n) is 27.7. The van der Waals surface area contributed by atoms with Crippen molar-refractivity contribution in [1.82, 2.24) is 10.2 Å². The van der Waals surface area contributed by atoms with Gasteiger partial charge in [-0.25, -0.2) is 0 Å². The van der Waals surface area contributed by atoms with Crippen LogP contribution < -0.4 is 19.1 Å². The first-order valence-corrected chi connectivity index (χ1v) is 17.9. The van der Waals surface area contributed by atoms with Gasteiger partial charge in [0.25, 0.3) is 5.91 Å². The molecule has 5 aromatic rings. The van der Waals surface area contributed by atoms with Gasteiger partial charge in [0.05, 0.1) is 31.9 Å². The smallest absolute Gasteiger partial charge is 0.296 e. The van der Waals surface area contributed by atoms with Crippen LogP contribution in [0, 0.1) is 6.92 Å². The molecule has 0 saturated heterocycles. The molecule has 254 valence electrons. The first-order chi connectivity index (χ1) is 23.8. The molecule has 3 aromatic carbocycles. The minimum atomic E-state index is -1.06. The molecule has 12 heteroatoms. The molecule has 6 rings (SSSR count). The predicted molar refractivity (Wildman–Crippen MR) is 190 cm³/mol. The number of aromatic nitrogens is 2. The second-order valence-electron chi connectivity index (χ2n) is 11.5. The average molecular weight is 700 g/mol. The number of hydrogen-bond donors (Lipinski definition) is 1. The Morgan fingerprint density at radius 2 is 1.82 bits per heavy atom. The lowest BCUT2D eigenvalue weighted by molar-refractivity contribution is -0.117. The molecule has 1 atom stereocenters. The minimum absolute atomic E-state index is 0.0479. The Hall–Kier alpha value is -4.81. The topological polar surface area (TPSA) is 124 Å². The van der Waals surface area contributed by atoms with Gasteiger partial charge >= 0.3 is 0 Å². The lowest BCUT2D eigenvalue weighted by atomic mass is 9.95. The van der Waals surface area contributed by atoms with Crippen LogP contribution in [0.15, 0.2) is 86.8 Å². The number of anilines is 1. The number of rotatable bonds is 15. The number of aliphatic hydroxyl groups is 1. The third-order valence-electron chi connectivity index (χ3n) is 8.08. The van der Waals surface area contributed by atoms with Gasteiger partial charge in [-0.05, 0) is 55.7 Å². The molecule has 0 spiro atoms. The molecular formula is C37H37N3O7S2. The van der Waals surface area contributed by atoms with E-state index < -0.39 is 23.5 Å². The molecule has 1 N–H and O–H groups in total. The number of para-hydroxylation sites is 1. The standard InChI is InChI=1S/C37H37N3O7S2/c1-5-7-8-18-46-26-17-16-24(19-28(26)45-6-2)31-30(32(41)29-20-25-10-9-11-27(44-4)34(25)47-29)33(42)35(43)40(31)36-38-39-37(49-36)48-21-23-14-12-22(3)13-15-23/h9-17,19-20,31,42H,5-8,18,21H2,1-4H3. The highest BCUT2D eigenvalue weighted by Gasteiger charge is 2.47. The van der Waals surface area contributed by atoms with E-state index in [0.29, 0.717) is 57.1 Å². The van der Waals surface area contributed by atoms with Crippen molar-refractivity contribution in [3.63, 3.8) is 0 Å². The van der Waals surface area contributed by atoms with E-state index >= 15 is 0 Å². The molecule has 1 aliphatic rings. The molecule has 0 radical (unpaired) electrons. The van der Waals surface area contributed by atoms with Gasteiger partial charge in [-0.3, -0.25) is 14.5 Å². The average Bonchev–Trinajstić information content (AvgIpc) is 3.83. The van der Waals surface area contributed by atoms with Gasteiger partial charge in [0.1, 0.15) is 0 Å². The quantitative estimate of drug-likeness (QED) is 0.0491. The SMILES string of the molecule is CCCCCOc1ccc(C2C(C(=O)c3cc4cccc(OC)c4o3)=C(O)C(=O)N2c2nnc(SCc3ccc(C)cc3)s2)cc1OCC. The second kappa shape index (κ2) is 15.2. The molecule has 10 nitrogen and oxygen atoms in total. The summed E-state index contributed by atoms with van der Waals surface area (Å²) in [6, 6.07) is 19.3. The summed E-state index contributed by atoms with van der Waals surface area (Å²) >= 11 is 2.70. The summed E-state index contributed by atoms with van der Waals surface area (Å²) in [5.74, 6) is -0.0321. The van der Waals surface area contributed by atoms with Crippen molar-refractivity contribution in [2.24, 2.45) is 0 Å². The molecule has 0 bridgehead atoms. The Bertz CT molecular complexity index is 2000. The number of unbranched alkanes of at least 4 members (excludes halogenated alkanes) is 2. The van der Waals surface area contributed by atoms with Gasteiger partial charge in [-0.1, -0.05) is 90.9 Å². The molecule has 2 aromatic heterocycles. The third-order valence-corrected chi connectivity index (χ3v) is 10.2. The fourth-order valence-electron chi connectivity index (χ4n) is 5.60. The van der Waals surface area contributed by atoms with Gasteiger partial charge in [0.15, 0.2) is 38.7 Å². The second-order valence-corrected chi connectivity index (χ2v) is 13.7. The maximum atomic E-state index is 14.3. The Morgan fingerprint density at radius 3 is 2.57 bits per heavy atom. The van der Waals surface area contributed by atoms with Crippen LogP contribution >= 0.6 is 23.1 Å². The van der Waals surface area contributed by atoms with Gasteiger partial charge in [-0.2, -0.15) is 0 Å². The molecule has 1 unspecified atom stereocenters. The van der Waals surface area contributed by atoms with Crippen LogP contribution in [-0.2, 0) is 10.5 Å². The van der Waals surface area contributed by atoms with Gasteiger partial charge in [-0.15, -0.1) is 10.2 Å². The summed E-state index contributed by atoms with van der Waals surface area (Å²) in [7, 11) is 1.51. The summed E-state index contributed by atoms with van der Waals surface area (Å²) in [5.41, 5.74) is 3.05. The maximum Gasteiger partial charge on any atom is 0.296 e. The van der Waals surface area contributed by atoms with Crippen LogP contribution in [0.4, 0.5) is 5.13 Å². The van der Waals surface area contributed by atoms with Gasteiger partial charge in [0, 0.05) is 11.1 Å². The molecule has 0 fully saturated rings. The summed E-state index contributed by atoms with van der Waals surface area (Å²) in [5, 5.41) is 21.0. The summed E-state index contributed by atoms with van der Waals surface area (Å²) in [6.07, 6.45) is 3.00. The van der Waals surface area contributed by atoms with Crippen molar-refractivity contribution in [2.45, 2.75) is 56.2 Å². The number of ketones is 1. The van der Waals surface area contributed by atoms with Crippen LogP contribution in [0.3, 0.4) is 0 Å². The number of hydrogen-bond acceptors (Lipinski definition) is 11. The normalized spacial score (nSPS) is 14.6. The Balaban J connectivity index is 1.39. The third kappa shape index (κ3) is 7.16. The number of nitrogens with zero attached hydrogens (tertiary/aromatic N) is 3. The highest BCUT2D eigenvalue weighted by atomic mass is 32.2. The Kier molecular flexibility index (Phi) is 10.5. The number of carbonyl (C=O) groups is 2. The first kappa shape index (κ1) is 34.1. The van der Waals surface area contributed by atoms with E-state index in [1.54, 1.807) is 42.5 Å². The largest absolute Gasteiger partial charge is 0.503 e. The summed E-state index contributed by atoms with van der Waals surface area (Å²) in [4.78, 5) is 29.5. The highest BCUT2D eigenvalue weighted by molar-refractivity contribution is 8.00. The van der Waals surface area contributed by atoms with Crippen molar-refractivity contribution in [2.75, 3.05) is 25.2 Å². The lowest BCUT2D eigenvalue weighted by Crippen LogP contribution is -2.31. The fourth-order valence-corrected chi connectivity index (χ4v) is 7.42. The Morgan fingerprint density at radius 1 is 1.00 bits per heavy atom. The number of thioether (sulfide) groups is 1. The van der Waals surface area contributed by atoms with Crippen molar-refractivity contribution >= 4 is 50.9 Å². The Labute approximate surface area is 292 Å². The van der Waals surface area contributed by atoms with Gasteiger partial charge in [0.2, 0.25) is 10.9 Å². The van der Waals surface area contributed by atoms with Crippen LogP contribution in [0.25, 0.3) is 11.0 Å². The van der Waals surface area contributed by atoms with E-state index in [-0.39, 0.29) is 16.5 Å². The summed E-state index contributed by atoms with van der Waals surface area (Å²) < 4.78 is 24.1. The summed E-state index contributed by atoms with van der Waals surface area (Å²) in [6.45, 7) is 6.92. The molecule has 0 saturated carbocycles. The van der Waals surface area contributed by atoms with E-state index in [1.807, 2.05) is 13.8 Å². The van der Waals surface area contributed by atoms with E-state index in [9.17, 15) is 14.7 Å². The minimum Gasteiger partial charge on any atom is -0.503 e. The fraction of sp³-hybridized carbons (Fsp3) is 0.297. The number of fused-ring (bicyclic) bond motifs is 1. The van der Waals surface area contributed by atoms with Crippen LogP contribution in [0.1, 0.15) is 66.4 Å². The highest BCUT2D eigenvalue weighted by Crippen LogP contribution is 2.46. The molecular weight excluding hydrogens is 663 g/mol. The number of aliphatic hydroxyl groups excluding tert-OH is 1. The van der Waals surface area contributed by atoms with E-state index in [1.165, 1.54) is 40.7 Å². The van der Waals surface area contributed by atoms with E-state index in [4.69, 9.17) is 18.6 Å². The number of benzene rings is 3. The van der Waals surface area contributed by atoms with Crippen molar-refractivity contribution in [3.05, 3.63) is 101 Å². The number of furan rings is 1. The van der Waals surface area contributed by atoms with Crippen LogP contribution in [0.2, 0.25) is 0 Å².